The van der Waals surface area contributed by atoms with E-state index in [1.165, 1.54) is 36.4 Å². The number of nitrogens with one attached hydrogen (secondary N) is 2. The van der Waals surface area contributed by atoms with Crippen molar-refractivity contribution in [3.8, 4) is 0 Å². The van der Waals surface area contributed by atoms with E-state index in [0.717, 1.165) is 0 Å². The van der Waals surface area contributed by atoms with Gasteiger partial charge in [-0.1, -0.05) is 18.7 Å². The Morgan fingerprint density at radius 1 is 1.04 bits per heavy atom. The lowest BCUT2D eigenvalue weighted by Crippen LogP contribution is -2.40. The molecule has 28 heavy (non-hydrogen) atoms. The van der Waals surface area contributed by atoms with Crippen LogP contribution in [-0.2, 0) is 9.59 Å². The van der Waals surface area contributed by atoms with Gasteiger partial charge in [0.25, 0.3) is 0 Å². The Bertz CT molecular complexity index is 893. The Morgan fingerprint density at radius 3 is 2.43 bits per heavy atom. The number of nitrogens with zero attached hydrogens (tertiary/aromatic N) is 1. The number of piperidine rings is 1. The topological polar surface area (TPSA) is 61.4 Å². The third-order valence-corrected chi connectivity index (χ3v) is 4.73. The van der Waals surface area contributed by atoms with Gasteiger partial charge in [-0.2, -0.15) is 0 Å². The molecule has 1 saturated heterocycles. The van der Waals surface area contributed by atoms with Gasteiger partial charge in [0.2, 0.25) is 11.8 Å². The number of hydrogen-bond donors (Lipinski definition) is 2. The Balaban J connectivity index is 1.70. The van der Waals surface area contributed by atoms with E-state index in [1.807, 2.05) is 0 Å². The summed E-state index contributed by atoms with van der Waals surface area (Å²) in [5, 5.41) is 5.62. The molecule has 2 N–H and O–H groups in total. The molecule has 0 unspecified atom stereocenters. The molecule has 0 radical (unpaired) electrons. The number of hydrogen-bond acceptors (Lipinski definition) is 3. The highest BCUT2D eigenvalue weighted by Gasteiger charge is 2.27. The lowest BCUT2D eigenvalue weighted by molar-refractivity contribution is -0.130. The highest BCUT2D eigenvalue weighted by atomic mass is 19.1. The third kappa shape index (κ3) is 4.54. The van der Waals surface area contributed by atoms with Gasteiger partial charge >= 0.3 is 0 Å². The van der Waals surface area contributed by atoms with Crippen LogP contribution in [0.1, 0.15) is 12.8 Å². The van der Waals surface area contributed by atoms with Crippen molar-refractivity contribution in [3.63, 3.8) is 0 Å². The summed E-state index contributed by atoms with van der Waals surface area (Å²) in [6.45, 7) is 4.43. The second-order valence-corrected chi connectivity index (χ2v) is 6.59. The Labute approximate surface area is 162 Å². The Kier molecular flexibility index (Phi) is 6.03. The zero-order valence-electron chi connectivity index (χ0n) is 15.3. The van der Waals surface area contributed by atoms with Gasteiger partial charge in [0.15, 0.2) is 0 Å². The lowest BCUT2D eigenvalue weighted by Gasteiger charge is -2.30. The quantitative estimate of drug-likeness (QED) is 0.763. The fraction of sp³-hybridized carbons (Fsp3) is 0.238. The van der Waals surface area contributed by atoms with Gasteiger partial charge in [0.05, 0.1) is 17.1 Å². The van der Waals surface area contributed by atoms with E-state index in [9.17, 15) is 18.4 Å². The van der Waals surface area contributed by atoms with Crippen molar-refractivity contribution >= 4 is 28.9 Å². The number of carbonyl (C=O) groups is 2. The number of carbonyl (C=O) groups excluding carboxylic acids is 2. The number of anilines is 3. The molecule has 2 aromatic carbocycles. The van der Waals surface area contributed by atoms with E-state index in [-0.39, 0.29) is 29.1 Å². The zero-order chi connectivity index (χ0) is 20.1. The predicted octanol–water partition coefficient (Wildman–Crippen LogP) is 4.07. The molecule has 0 saturated carbocycles. The number of likely N-dealkylation sites (tertiary alicyclic amines) is 1. The summed E-state index contributed by atoms with van der Waals surface area (Å²) in [5.41, 5.74) is 0.803. The van der Waals surface area contributed by atoms with Gasteiger partial charge in [0.1, 0.15) is 11.6 Å². The second-order valence-electron chi connectivity index (χ2n) is 6.59. The first-order valence-electron chi connectivity index (χ1n) is 9.01. The van der Waals surface area contributed by atoms with Crippen LogP contribution in [0.25, 0.3) is 0 Å². The molecular weight excluding hydrogens is 364 g/mol. The minimum absolute atomic E-state index is 0.145. The van der Waals surface area contributed by atoms with E-state index in [0.29, 0.717) is 31.6 Å². The molecule has 5 nitrogen and oxygen atoms in total. The number of halogens is 2. The minimum Gasteiger partial charge on any atom is -0.351 e. The fourth-order valence-electron chi connectivity index (χ4n) is 3.16. The highest BCUT2D eigenvalue weighted by molar-refractivity contribution is 5.96. The van der Waals surface area contributed by atoms with Crippen LogP contribution in [0.5, 0.6) is 0 Å². The molecule has 2 amide bonds. The van der Waals surface area contributed by atoms with Crippen LogP contribution in [0.2, 0.25) is 0 Å². The van der Waals surface area contributed by atoms with Crippen molar-refractivity contribution in [2.75, 3.05) is 23.7 Å². The minimum atomic E-state index is -0.506. The monoisotopic (exact) mass is 385 g/mol. The van der Waals surface area contributed by atoms with Gasteiger partial charge in [0, 0.05) is 19.0 Å². The molecule has 0 atom stereocenters. The maximum absolute atomic E-state index is 13.9. The fourth-order valence-corrected chi connectivity index (χ4v) is 3.16. The van der Waals surface area contributed by atoms with Crippen molar-refractivity contribution in [2.45, 2.75) is 12.8 Å². The summed E-state index contributed by atoms with van der Waals surface area (Å²) in [4.78, 5) is 25.9. The van der Waals surface area contributed by atoms with Crippen LogP contribution in [0.3, 0.4) is 0 Å². The number of amides is 2. The van der Waals surface area contributed by atoms with Crippen molar-refractivity contribution in [2.24, 2.45) is 5.92 Å². The van der Waals surface area contributed by atoms with E-state index in [1.54, 1.807) is 17.0 Å². The summed E-state index contributed by atoms with van der Waals surface area (Å²) < 4.78 is 27.6. The van der Waals surface area contributed by atoms with E-state index < -0.39 is 11.6 Å². The largest absolute Gasteiger partial charge is 0.351 e. The molecule has 1 fully saturated rings. The summed E-state index contributed by atoms with van der Waals surface area (Å²) >= 11 is 0. The normalized spacial score (nSPS) is 14.4. The average Bonchev–Trinajstić information content (AvgIpc) is 2.71. The van der Waals surface area contributed by atoms with Gasteiger partial charge < -0.3 is 15.5 Å². The van der Waals surface area contributed by atoms with E-state index in [4.69, 9.17) is 0 Å². The molecule has 0 aliphatic carbocycles. The van der Waals surface area contributed by atoms with Gasteiger partial charge in [-0.15, -0.1) is 0 Å². The van der Waals surface area contributed by atoms with Crippen LogP contribution in [0.15, 0.2) is 55.1 Å². The standard InChI is InChI=1S/C21H21F2N3O2/c1-2-20(27)26-11-9-14(10-12-26)21(28)25-18-8-7-15(22)13-19(18)24-17-6-4-3-5-16(17)23/h2-8,13-14,24H,1,9-12H2,(H,25,28). The molecule has 1 aliphatic heterocycles. The second kappa shape index (κ2) is 8.65. The van der Waals surface area contributed by atoms with Crippen LogP contribution in [0, 0.1) is 17.6 Å². The lowest BCUT2D eigenvalue weighted by atomic mass is 9.95. The first-order valence-corrected chi connectivity index (χ1v) is 9.01. The molecule has 0 spiro atoms. The van der Waals surface area contributed by atoms with Crippen molar-refractivity contribution in [3.05, 3.63) is 66.8 Å². The zero-order valence-corrected chi connectivity index (χ0v) is 15.3. The summed E-state index contributed by atoms with van der Waals surface area (Å²) in [6.07, 6.45) is 2.32. The van der Waals surface area contributed by atoms with E-state index in [2.05, 4.69) is 17.2 Å². The maximum Gasteiger partial charge on any atom is 0.245 e. The predicted molar refractivity (Wildman–Crippen MR) is 104 cm³/mol. The first-order chi connectivity index (χ1) is 13.5. The van der Waals surface area contributed by atoms with Gasteiger partial charge in [-0.25, -0.2) is 8.78 Å². The van der Waals surface area contributed by atoms with Crippen LogP contribution in [0.4, 0.5) is 25.8 Å². The molecular formula is C21H21F2N3O2. The smallest absolute Gasteiger partial charge is 0.245 e. The van der Waals surface area contributed by atoms with Crippen molar-refractivity contribution in [1.29, 1.82) is 0 Å². The molecule has 1 aliphatic rings. The summed E-state index contributed by atoms with van der Waals surface area (Å²) in [5.74, 6) is -1.61. The number of rotatable bonds is 5. The number of benzene rings is 2. The van der Waals surface area contributed by atoms with Gasteiger partial charge in [-0.3, -0.25) is 9.59 Å². The Morgan fingerprint density at radius 2 is 1.75 bits per heavy atom. The molecule has 146 valence electrons. The van der Waals surface area contributed by atoms with E-state index >= 15 is 0 Å². The highest BCUT2D eigenvalue weighted by Crippen LogP contribution is 2.29. The molecule has 7 heteroatoms. The molecule has 3 rings (SSSR count). The van der Waals surface area contributed by atoms with Crippen LogP contribution in [-0.4, -0.2) is 29.8 Å². The van der Waals surface area contributed by atoms with Crippen molar-refractivity contribution in [1.82, 2.24) is 4.90 Å². The van der Waals surface area contributed by atoms with Crippen LogP contribution < -0.4 is 10.6 Å². The molecule has 2 aromatic rings. The maximum atomic E-state index is 13.9. The molecule has 0 aromatic heterocycles. The first kappa shape index (κ1) is 19.5. The molecule has 0 bridgehead atoms. The SMILES string of the molecule is C=CC(=O)N1CCC(C(=O)Nc2ccc(F)cc2Nc2ccccc2F)CC1. The average molecular weight is 385 g/mol. The molecule has 1 heterocycles. The summed E-state index contributed by atoms with van der Waals surface area (Å²) in [7, 11) is 0. The summed E-state index contributed by atoms with van der Waals surface area (Å²) in [6, 6.07) is 9.89. The van der Waals surface area contributed by atoms with Crippen LogP contribution >= 0.6 is 0 Å². The third-order valence-electron chi connectivity index (χ3n) is 4.73. The Hall–Kier alpha value is -3.22. The van der Waals surface area contributed by atoms with Gasteiger partial charge in [-0.05, 0) is 49.2 Å². The number of para-hydroxylation sites is 1. The van der Waals surface area contributed by atoms with Crippen molar-refractivity contribution < 1.29 is 18.4 Å².